The molecule has 0 atom stereocenters. The molecule has 0 aliphatic carbocycles. The molecule has 0 aliphatic rings. The molecule has 0 radical (unpaired) electrons. The molecule has 1 aromatic heterocycles. The van der Waals surface area contributed by atoms with Gasteiger partial charge in [-0.15, -0.1) is 11.3 Å². The Hall–Kier alpha value is -1.57. The number of nitrogens with one attached hydrogen (secondary N) is 2. The number of halogens is 2. The van der Waals surface area contributed by atoms with Crippen LogP contribution in [0.4, 0.5) is 0 Å². The Labute approximate surface area is 151 Å². The van der Waals surface area contributed by atoms with Crippen molar-refractivity contribution in [2.45, 2.75) is 12.8 Å². The lowest BCUT2D eigenvalue weighted by atomic mass is 10.1. The smallest absolute Gasteiger partial charge is 0.279 e. The van der Waals surface area contributed by atoms with E-state index in [4.69, 9.17) is 16.3 Å². The van der Waals surface area contributed by atoms with Crippen LogP contribution in [-0.2, 0) is 11.2 Å². The van der Waals surface area contributed by atoms with Crippen LogP contribution in [0, 0.1) is 0 Å². The van der Waals surface area contributed by atoms with E-state index in [1.165, 1.54) is 11.3 Å². The standard InChI is InChI=1S/C15H14BrClN2O3S/c1-22-11-4-2-9(8-10(11)17)3-7-14(20)18-19-15(21)12-5-6-13(16)23-12/h2,4-6,8H,3,7H2,1H3,(H,18,20)(H,19,21). The minimum absolute atomic E-state index is 0.233. The maximum absolute atomic E-state index is 11.8. The van der Waals surface area contributed by atoms with Crippen LogP contribution in [0.5, 0.6) is 5.75 Å². The fourth-order valence-corrected chi connectivity index (χ4v) is 3.37. The van der Waals surface area contributed by atoms with Gasteiger partial charge >= 0.3 is 0 Å². The zero-order valence-electron chi connectivity index (χ0n) is 12.2. The first-order valence-electron chi connectivity index (χ1n) is 6.66. The summed E-state index contributed by atoms with van der Waals surface area (Å²) in [5.41, 5.74) is 5.69. The largest absolute Gasteiger partial charge is 0.495 e. The molecule has 2 aromatic rings. The first kappa shape index (κ1) is 17.8. The lowest BCUT2D eigenvalue weighted by Gasteiger charge is -2.08. The van der Waals surface area contributed by atoms with Gasteiger partial charge in [0.05, 0.1) is 20.8 Å². The molecule has 1 aromatic carbocycles. The van der Waals surface area contributed by atoms with Gasteiger partial charge in [0.25, 0.3) is 5.91 Å². The highest BCUT2D eigenvalue weighted by molar-refractivity contribution is 9.11. The molecule has 2 N–H and O–H groups in total. The van der Waals surface area contributed by atoms with E-state index in [1.807, 2.05) is 6.07 Å². The molecule has 5 nitrogen and oxygen atoms in total. The molecule has 0 unspecified atom stereocenters. The van der Waals surface area contributed by atoms with E-state index in [1.54, 1.807) is 31.4 Å². The molecule has 0 fully saturated rings. The molecular weight excluding hydrogens is 404 g/mol. The molecular formula is C15H14BrClN2O3S. The van der Waals surface area contributed by atoms with Crippen LogP contribution < -0.4 is 15.6 Å². The quantitative estimate of drug-likeness (QED) is 0.731. The minimum atomic E-state index is -0.346. The zero-order valence-corrected chi connectivity index (χ0v) is 15.3. The Morgan fingerprint density at radius 2 is 2.04 bits per heavy atom. The third-order valence-electron chi connectivity index (χ3n) is 2.97. The maximum Gasteiger partial charge on any atom is 0.279 e. The van der Waals surface area contributed by atoms with Crippen molar-refractivity contribution in [3.63, 3.8) is 0 Å². The number of hydrogen-bond donors (Lipinski definition) is 2. The first-order chi connectivity index (χ1) is 11.0. The number of ether oxygens (including phenoxy) is 1. The van der Waals surface area contributed by atoms with Crippen LogP contribution in [0.25, 0.3) is 0 Å². The summed E-state index contributed by atoms with van der Waals surface area (Å²) >= 11 is 10.6. The van der Waals surface area contributed by atoms with Crippen LogP contribution in [0.1, 0.15) is 21.7 Å². The van der Waals surface area contributed by atoms with Crippen molar-refractivity contribution in [2.75, 3.05) is 7.11 Å². The number of methoxy groups -OCH3 is 1. The predicted molar refractivity (Wildman–Crippen MR) is 94.0 cm³/mol. The fraction of sp³-hybridized carbons (Fsp3) is 0.200. The van der Waals surface area contributed by atoms with E-state index in [0.717, 1.165) is 9.35 Å². The van der Waals surface area contributed by atoms with E-state index >= 15 is 0 Å². The maximum atomic E-state index is 11.8. The average molecular weight is 418 g/mol. The van der Waals surface area contributed by atoms with Crippen LogP contribution in [0.15, 0.2) is 34.1 Å². The second kappa shape index (κ2) is 8.33. The lowest BCUT2D eigenvalue weighted by Crippen LogP contribution is -2.41. The van der Waals surface area contributed by atoms with E-state index < -0.39 is 0 Å². The molecule has 2 rings (SSSR count). The summed E-state index contributed by atoms with van der Waals surface area (Å²) in [6, 6.07) is 8.81. The Morgan fingerprint density at radius 3 is 2.65 bits per heavy atom. The topological polar surface area (TPSA) is 67.4 Å². The van der Waals surface area contributed by atoms with Gasteiger partial charge in [-0.05, 0) is 52.2 Å². The summed E-state index contributed by atoms with van der Waals surface area (Å²) < 4.78 is 5.93. The second-order valence-corrected chi connectivity index (χ2v) is 7.45. The third-order valence-corrected chi connectivity index (χ3v) is 4.89. The third kappa shape index (κ3) is 5.23. The minimum Gasteiger partial charge on any atom is -0.495 e. The van der Waals surface area contributed by atoms with Crippen molar-refractivity contribution >= 4 is 50.7 Å². The number of carbonyl (C=O) groups excluding carboxylic acids is 2. The van der Waals surface area contributed by atoms with Crippen molar-refractivity contribution in [3.8, 4) is 5.75 Å². The van der Waals surface area contributed by atoms with E-state index in [9.17, 15) is 9.59 Å². The van der Waals surface area contributed by atoms with Gasteiger partial charge < -0.3 is 4.74 Å². The number of hydrazine groups is 1. The fourth-order valence-electron chi connectivity index (χ4n) is 1.81. The summed E-state index contributed by atoms with van der Waals surface area (Å²) in [4.78, 5) is 24.1. The normalized spacial score (nSPS) is 10.2. The monoisotopic (exact) mass is 416 g/mol. The number of benzene rings is 1. The Bertz CT molecular complexity index is 720. The molecule has 0 bridgehead atoms. The average Bonchev–Trinajstić information content (AvgIpc) is 2.97. The first-order valence-corrected chi connectivity index (χ1v) is 8.65. The van der Waals surface area contributed by atoms with Gasteiger partial charge in [0.15, 0.2) is 0 Å². The number of amides is 2. The molecule has 0 saturated heterocycles. The van der Waals surface area contributed by atoms with Gasteiger partial charge in [0.2, 0.25) is 5.91 Å². The highest BCUT2D eigenvalue weighted by atomic mass is 79.9. The van der Waals surface area contributed by atoms with E-state index in [-0.39, 0.29) is 18.2 Å². The van der Waals surface area contributed by atoms with Crippen molar-refractivity contribution < 1.29 is 14.3 Å². The molecule has 0 saturated carbocycles. The predicted octanol–water partition coefficient (Wildman–Crippen LogP) is 3.57. The summed E-state index contributed by atoms with van der Waals surface area (Å²) in [5, 5.41) is 0.502. The van der Waals surface area contributed by atoms with Crippen molar-refractivity contribution in [1.29, 1.82) is 0 Å². The van der Waals surface area contributed by atoms with Crippen LogP contribution >= 0.6 is 38.9 Å². The van der Waals surface area contributed by atoms with Gasteiger partial charge in [-0.3, -0.25) is 20.4 Å². The summed E-state index contributed by atoms with van der Waals surface area (Å²) in [6.07, 6.45) is 0.743. The van der Waals surface area contributed by atoms with E-state index in [0.29, 0.717) is 22.1 Å². The molecule has 0 aliphatic heterocycles. The van der Waals surface area contributed by atoms with Gasteiger partial charge in [-0.25, -0.2) is 0 Å². The van der Waals surface area contributed by atoms with Crippen molar-refractivity contribution in [2.24, 2.45) is 0 Å². The Balaban J connectivity index is 1.79. The number of rotatable bonds is 5. The SMILES string of the molecule is COc1ccc(CCC(=O)NNC(=O)c2ccc(Br)s2)cc1Cl. The van der Waals surface area contributed by atoms with E-state index in [2.05, 4.69) is 26.8 Å². The number of hydrogen-bond acceptors (Lipinski definition) is 4. The number of aryl methyl sites for hydroxylation is 1. The highest BCUT2D eigenvalue weighted by Crippen LogP contribution is 2.25. The van der Waals surface area contributed by atoms with Crippen LogP contribution in [-0.4, -0.2) is 18.9 Å². The molecule has 8 heteroatoms. The second-order valence-electron chi connectivity index (χ2n) is 4.57. The number of thiophene rings is 1. The molecule has 1 heterocycles. The molecule has 122 valence electrons. The highest BCUT2D eigenvalue weighted by Gasteiger charge is 2.10. The Kier molecular flexibility index (Phi) is 6.44. The number of carbonyl (C=O) groups is 2. The van der Waals surface area contributed by atoms with Crippen molar-refractivity contribution in [1.82, 2.24) is 10.9 Å². The van der Waals surface area contributed by atoms with Gasteiger partial charge in [-0.2, -0.15) is 0 Å². The lowest BCUT2D eigenvalue weighted by molar-refractivity contribution is -0.121. The Morgan fingerprint density at radius 1 is 1.26 bits per heavy atom. The summed E-state index contributed by atoms with van der Waals surface area (Å²) in [7, 11) is 1.54. The zero-order chi connectivity index (χ0) is 16.8. The molecule has 23 heavy (non-hydrogen) atoms. The van der Waals surface area contributed by atoms with Gasteiger partial charge in [0.1, 0.15) is 5.75 Å². The van der Waals surface area contributed by atoms with Crippen LogP contribution in [0.3, 0.4) is 0 Å². The summed E-state index contributed by atoms with van der Waals surface area (Å²) in [5.74, 6) is -0.0308. The summed E-state index contributed by atoms with van der Waals surface area (Å²) in [6.45, 7) is 0. The van der Waals surface area contributed by atoms with Crippen LogP contribution in [0.2, 0.25) is 5.02 Å². The van der Waals surface area contributed by atoms with Gasteiger partial charge in [0, 0.05) is 6.42 Å². The van der Waals surface area contributed by atoms with Gasteiger partial charge in [-0.1, -0.05) is 17.7 Å². The van der Waals surface area contributed by atoms with Crippen molar-refractivity contribution in [3.05, 3.63) is 49.6 Å². The molecule has 0 spiro atoms. The molecule has 2 amide bonds.